The molecule has 0 unspecified atom stereocenters. The number of hydrogen-bond acceptors (Lipinski definition) is 16. The Morgan fingerprint density at radius 1 is 0.656 bits per heavy atom. The fourth-order valence-electron chi connectivity index (χ4n) is 8.47. The summed E-state index contributed by atoms with van der Waals surface area (Å²) in [4.78, 5) is 30.7. The number of nitrogens with two attached hydrogens (primary N) is 1. The summed E-state index contributed by atoms with van der Waals surface area (Å²) in [6, 6.07) is 3.63. The van der Waals surface area contributed by atoms with Crippen LogP contribution in [0.3, 0.4) is 0 Å². The van der Waals surface area contributed by atoms with E-state index in [1.807, 2.05) is 32.6 Å². The Morgan fingerprint density at radius 2 is 1.16 bits per heavy atom. The van der Waals surface area contributed by atoms with Crippen LogP contribution in [0.25, 0.3) is 22.5 Å². The smallest absolute Gasteiger partial charge is 0.229 e. The third-order valence-corrected chi connectivity index (χ3v) is 12.1. The summed E-state index contributed by atoms with van der Waals surface area (Å²) >= 11 is 5.83. The Bertz CT molecular complexity index is 2480. The molecule has 320 valence electrons. The highest BCUT2D eigenvalue weighted by atomic mass is 35.5. The zero-order valence-corrected chi connectivity index (χ0v) is 36.1. The van der Waals surface area contributed by atoms with Gasteiger partial charge in [0.1, 0.15) is 36.1 Å². The van der Waals surface area contributed by atoms with Gasteiger partial charge in [0.25, 0.3) is 0 Å². The molecule has 10 rings (SSSR count). The lowest BCUT2D eigenvalue weighted by Gasteiger charge is -2.43. The number of halogens is 1. The van der Waals surface area contributed by atoms with E-state index in [2.05, 4.69) is 64.3 Å². The van der Waals surface area contributed by atoms with Crippen molar-refractivity contribution in [3.63, 3.8) is 0 Å². The molecule has 2 aliphatic carbocycles. The minimum Gasteiger partial charge on any atom is -0.494 e. The molecule has 0 atom stereocenters. The van der Waals surface area contributed by atoms with Crippen LogP contribution in [0.1, 0.15) is 51.4 Å². The molecule has 2 spiro atoms. The van der Waals surface area contributed by atoms with Crippen molar-refractivity contribution in [2.75, 3.05) is 62.4 Å². The molecule has 6 aromatic heterocycles. The highest BCUT2D eigenvalue weighted by Gasteiger charge is 2.44. The van der Waals surface area contributed by atoms with Gasteiger partial charge in [-0.2, -0.15) is 20.2 Å². The zero-order valence-electron chi connectivity index (χ0n) is 35.3. The molecule has 0 bridgehead atoms. The Labute approximate surface area is 359 Å². The summed E-state index contributed by atoms with van der Waals surface area (Å²) < 4.78 is 26.0. The fraction of sp³-hybridized carbons (Fsp3) is 0.429. The van der Waals surface area contributed by atoms with Gasteiger partial charge in [0, 0.05) is 63.8 Å². The van der Waals surface area contributed by atoms with Gasteiger partial charge in [0.05, 0.1) is 73.9 Å². The highest BCUT2D eigenvalue weighted by Crippen LogP contribution is 2.45. The third-order valence-electron chi connectivity index (χ3n) is 11.9. The van der Waals surface area contributed by atoms with Gasteiger partial charge in [0.2, 0.25) is 11.2 Å². The molecule has 6 aromatic rings. The Hall–Kier alpha value is -6.43. The summed E-state index contributed by atoms with van der Waals surface area (Å²) in [6.45, 7) is 1.44. The van der Waals surface area contributed by atoms with Crippen LogP contribution in [0.5, 0.6) is 23.0 Å². The number of nitrogen functional groups attached to an aromatic ring is 1. The van der Waals surface area contributed by atoms with Crippen molar-refractivity contribution in [3.05, 3.63) is 67.0 Å². The van der Waals surface area contributed by atoms with Crippen molar-refractivity contribution in [2.45, 2.75) is 62.4 Å². The molecule has 8 heterocycles. The van der Waals surface area contributed by atoms with E-state index in [0.29, 0.717) is 29.7 Å². The number of nitrogens with one attached hydrogen (secondary N) is 1. The van der Waals surface area contributed by atoms with E-state index < -0.39 is 0 Å². The quantitative estimate of drug-likeness (QED) is 0.172. The molecule has 0 radical (unpaired) electrons. The molecule has 4 aliphatic rings. The number of ether oxygens (including phenoxy) is 4. The van der Waals surface area contributed by atoms with Crippen molar-refractivity contribution >= 4 is 40.6 Å². The molecular formula is C42H51ClN14O4. The molecule has 0 saturated heterocycles. The molecule has 0 amide bonds. The van der Waals surface area contributed by atoms with Gasteiger partial charge in [-0.15, -0.1) is 0 Å². The largest absolute Gasteiger partial charge is 0.494 e. The lowest BCUT2D eigenvalue weighted by atomic mass is 9.95. The fourth-order valence-corrected chi connectivity index (χ4v) is 8.60. The van der Waals surface area contributed by atoms with E-state index in [-0.39, 0.29) is 16.4 Å². The second-order valence-corrected chi connectivity index (χ2v) is 16.1. The number of likely N-dealkylation sites (N-methyl/N-ethyl adjacent to an activating group) is 2. The van der Waals surface area contributed by atoms with E-state index in [1.165, 1.54) is 38.5 Å². The minimum atomic E-state index is 0.0504. The second-order valence-electron chi connectivity index (χ2n) is 15.8. The average Bonchev–Trinajstić information content (AvgIpc) is 4.12. The molecular weight excluding hydrogens is 800 g/mol. The standard InChI is InChI=1S/C21H25N7O2.C11H14ClN3O.C10H12N4O/c1-27-12-14(9-24-27)18-16(29-3)8-15(10-22-18)25-20-23-11-17-19(26-20)28(2)21(13-30-17)6-4-5-7-21;1-15-9-8(6-13-10(12)14-9)16-7-11(15)4-2-3-5-11;1-14-6-7(4-13-14)10-9(15-2)3-8(11)5-12-10/h8-12H,4-7,13H2,1-3H3,(H,23,25,26);6H,2-5,7H2,1H3;3-6H,11H2,1-2H3. The number of methoxy groups -OCH3 is 2. The number of pyridine rings is 2. The maximum atomic E-state index is 6.01. The van der Waals surface area contributed by atoms with E-state index >= 15 is 0 Å². The van der Waals surface area contributed by atoms with E-state index in [4.69, 9.17) is 41.3 Å². The van der Waals surface area contributed by atoms with Crippen LogP contribution in [0, 0.1) is 0 Å². The predicted octanol–water partition coefficient (Wildman–Crippen LogP) is 6.51. The van der Waals surface area contributed by atoms with Gasteiger partial charge < -0.3 is 39.8 Å². The summed E-state index contributed by atoms with van der Waals surface area (Å²) in [7, 11) is 11.1. The van der Waals surface area contributed by atoms with Crippen molar-refractivity contribution in [2.24, 2.45) is 14.1 Å². The number of aromatic nitrogens is 10. The molecule has 2 fully saturated rings. The maximum Gasteiger partial charge on any atom is 0.229 e. The third kappa shape index (κ3) is 8.49. The van der Waals surface area contributed by atoms with Crippen LogP contribution in [-0.2, 0) is 14.1 Å². The number of rotatable bonds is 6. The molecule has 2 saturated carbocycles. The van der Waals surface area contributed by atoms with Crippen molar-refractivity contribution < 1.29 is 18.9 Å². The lowest BCUT2D eigenvalue weighted by molar-refractivity contribution is 0.192. The van der Waals surface area contributed by atoms with Gasteiger partial charge in [0.15, 0.2) is 23.1 Å². The second kappa shape index (κ2) is 17.3. The van der Waals surface area contributed by atoms with E-state index in [1.54, 1.807) is 66.8 Å². The topological polar surface area (TPSA) is 194 Å². The average molecular weight is 851 g/mol. The van der Waals surface area contributed by atoms with E-state index in [0.717, 1.165) is 70.8 Å². The summed E-state index contributed by atoms with van der Waals surface area (Å²) in [5, 5.41) is 11.8. The van der Waals surface area contributed by atoms with Crippen molar-refractivity contribution in [1.82, 2.24) is 49.5 Å². The van der Waals surface area contributed by atoms with Crippen LogP contribution in [0.2, 0.25) is 5.28 Å². The number of anilines is 5. The van der Waals surface area contributed by atoms with Gasteiger partial charge in [-0.25, -0.2) is 9.97 Å². The van der Waals surface area contributed by atoms with E-state index in [9.17, 15) is 0 Å². The number of nitrogens with zero attached hydrogens (tertiary/aromatic N) is 12. The first-order chi connectivity index (χ1) is 29.5. The highest BCUT2D eigenvalue weighted by molar-refractivity contribution is 6.28. The number of aryl methyl sites for hydroxylation is 2. The molecule has 61 heavy (non-hydrogen) atoms. The zero-order chi connectivity index (χ0) is 42.7. The van der Waals surface area contributed by atoms with Crippen LogP contribution >= 0.6 is 11.6 Å². The number of fused-ring (bicyclic) bond motifs is 2. The van der Waals surface area contributed by atoms with Gasteiger partial charge >= 0.3 is 0 Å². The van der Waals surface area contributed by atoms with Crippen LogP contribution < -0.4 is 39.8 Å². The van der Waals surface area contributed by atoms with Crippen molar-refractivity contribution in [1.29, 1.82) is 0 Å². The SMILES string of the molecule is CN1c2nc(Cl)ncc2OCC12CCCC2.COc1cc(N)cnc1-c1cnn(C)c1.COc1cc(Nc2ncc3c(n2)N(C)C2(CCCC2)CO3)cnc1-c1cnn(C)c1. The Kier molecular flexibility index (Phi) is 11.7. The van der Waals surface area contributed by atoms with Crippen LogP contribution in [0.4, 0.5) is 29.0 Å². The Balaban J connectivity index is 0.000000139. The van der Waals surface area contributed by atoms with Crippen LogP contribution in [0.15, 0.2) is 61.7 Å². The molecule has 2 aliphatic heterocycles. The normalized spacial score (nSPS) is 16.6. The van der Waals surface area contributed by atoms with Gasteiger partial charge in [-0.05, 0) is 37.3 Å². The minimum absolute atomic E-state index is 0.0504. The summed E-state index contributed by atoms with van der Waals surface area (Å²) in [6.07, 6.45) is 23.6. The molecule has 19 heteroatoms. The molecule has 3 N–H and O–H groups in total. The van der Waals surface area contributed by atoms with Gasteiger partial charge in [-0.1, -0.05) is 25.7 Å². The first kappa shape index (κ1) is 41.3. The first-order valence-corrected chi connectivity index (χ1v) is 20.6. The summed E-state index contributed by atoms with van der Waals surface area (Å²) in [5.74, 6) is 4.92. The first-order valence-electron chi connectivity index (χ1n) is 20.2. The lowest BCUT2D eigenvalue weighted by Crippen LogP contribution is -2.52. The van der Waals surface area contributed by atoms with Crippen LogP contribution in [-0.4, -0.2) is 102 Å². The molecule has 18 nitrogen and oxygen atoms in total. The summed E-state index contributed by atoms with van der Waals surface area (Å²) in [5.41, 5.74) is 10.4. The Morgan fingerprint density at radius 3 is 1.69 bits per heavy atom. The maximum absolute atomic E-state index is 6.01. The monoisotopic (exact) mass is 850 g/mol. The number of hydrogen-bond donors (Lipinski definition) is 2. The predicted molar refractivity (Wildman–Crippen MR) is 233 cm³/mol. The van der Waals surface area contributed by atoms with Gasteiger partial charge in [-0.3, -0.25) is 19.3 Å². The van der Waals surface area contributed by atoms with Crippen molar-refractivity contribution in [3.8, 4) is 45.5 Å². The molecule has 0 aromatic carbocycles.